The molecule has 0 nitrogen and oxygen atoms in total. The molecule has 0 saturated heterocycles. The summed E-state index contributed by atoms with van der Waals surface area (Å²) in [5.41, 5.74) is 0. The molecule has 5 unspecified atom stereocenters. The van der Waals surface area contributed by atoms with Crippen molar-refractivity contribution in [3.8, 4) is 0 Å². The normalized spacial score (nSPS) is 37.8. The standard InChI is InChI=1S/C14H14BrF3Se/c15-12-8-6-10(11(7-8)14(16,17)18)13(12)19-9-4-2-1-3-5-9/h1-5,8,10-13H,6-7H2. The summed E-state index contributed by atoms with van der Waals surface area (Å²) in [6.45, 7) is 0. The molecule has 1 aromatic carbocycles. The van der Waals surface area contributed by atoms with Crippen molar-refractivity contribution in [3.63, 3.8) is 0 Å². The van der Waals surface area contributed by atoms with Gasteiger partial charge < -0.3 is 0 Å². The molecule has 1 aromatic rings. The predicted molar refractivity (Wildman–Crippen MR) is 74.1 cm³/mol. The molecule has 0 aromatic heterocycles. The van der Waals surface area contributed by atoms with E-state index in [1.165, 1.54) is 4.46 Å². The maximum atomic E-state index is 13.0. The van der Waals surface area contributed by atoms with Crippen molar-refractivity contribution in [3.05, 3.63) is 30.3 Å². The zero-order valence-electron chi connectivity index (χ0n) is 10.1. The summed E-state index contributed by atoms with van der Waals surface area (Å²) in [5, 5.41) is 0. The molecule has 19 heavy (non-hydrogen) atoms. The quantitative estimate of drug-likeness (QED) is 0.526. The SMILES string of the molecule is FC(F)(F)C1CC2CC1C([Se]c1ccccc1)C2Br. The van der Waals surface area contributed by atoms with E-state index in [1.807, 2.05) is 30.3 Å². The maximum absolute atomic E-state index is 13.0. The molecule has 5 heteroatoms. The molecular formula is C14H14BrF3Se. The van der Waals surface area contributed by atoms with Gasteiger partial charge in [-0.2, -0.15) is 0 Å². The van der Waals surface area contributed by atoms with Crippen LogP contribution in [0.2, 0.25) is 4.82 Å². The monoisotopic (exact) mass is 398 g/mol. The van der Waals surface area contributed by atoms with Crippen molar-refractivity contribution in [2.24, 2.45) is 17.8 Å². The van der Waals surface area contributed by atoms with Gasteiger partial charge in [0, 0.05) is 0 Å². The zero-order valence-corrected chi connectivity index (χ0v) is 13.4. The molecule has 2 bridgehead atoms. The van der Waals surface area contributed by atoms with Crippen LogP contribution >= 0.6 is 15.9 Å². The van der Waals surface area contributed by atoms with Crippen molar-refractivity contribution in [1.29, 1.82) is 0 Å². The fraction of sp³-hybridized carbons (Fsp3) is 0.571. The third kappa shape index (κ3) is 2.62. The van der Waals surface area contributed by atoms with Crippen LogP contribution in [0.3, 0.4) is 0 Å². The Bertz CT molecular complexity index is 448. The average Bonchev–Trinajstić information content (AvgIpc) is 2.91. The van der Waals surface area contributed by atoms with Crippen LogP contribution in [0.4, 0.5) is 13.2 Å². The van der Waals surface area contributed by atoms with E-state index in [4.69, 9.17) is 0 Å². The third-order valence-electron chi connectivity index (χ3n) is 4.27. The molecule has 2 aliphatic carbocycles. The number of alkyl halides is 4. The number of fused-ring (bicyclic) bond motifs is 2. The van der Waals surface area contributed by atoms with Crippen molar-refractivity contribution in [2.75, 3.05) is 0 Å². The van der Waals surface area contributed by atoms with Crippen LogP contribution in [0, 0.1) is 17.8 Å². The first-order valence-electron chi connectivity index (χ1n) is 6.39. The van der Waals surface area contributed by atoms with Crippen molar-refractivity contribution < 1.29 is 13.2 Å². The van der Waals surface area contributed by atoms with E-state index in [9.17, 15) is 13.2 Å². The van der Waals surface area contributed by atoms with Crippen LogP contribution in [-0.2, 0) is 0 Å². The van der Waals surface area contributed by atoms with E-state index in [0.717, 1.165) is 6.42 Å². The molecule has 104 valence electrons. The molecule has 2 saturated carbocycles. The second-order valence-electron chi connectivity index (χ2n) is 5.38. The van der Waals surface area contributed by atoms with E-state index in [2.05, 4.69) is 15.9 Å². The Morgan fingerprint density at radius 3 is 2.37 bits per heavy atom. The molecule has 2 aliphatic rings. The van der Waals surface area contributed by atoms with Gasteiger partial charge in [0.15, 0.2) is 0 Å². The molecule has 0 spiro atoms. The summed E-state index contributed by atoms with van der Waals surface area (Å²) < 4.78 is 40.4. The van der Waals surface area contributed by atoms with E-state index >= 15 is 0 Å². The molecule has 0 heterocycles. The summed E-state index contributed by atoms with van der Waals surface area (Å²) in [5.74, 6) is -1.02. The van der Waals surface area contributed by atoms with Gasteiger partial charge in [-0.05, 0) is 0 Å². The van der Waals surface area contributed by atoms with Gasteiger partial charge in [0.2, 0.25) is 0 Å². The molecule has 0 radical (unpaired) electrons. The molecule has 5 atom stereocenters. The number of hydrogen-bond acceptors (Lipinski definition) is 0. The first kappa shape index (κ1) is 14.0. The van der Waals surface area contributed by atoms with E-state index in [1.54, 1.807) is 0 Å². The van der Waals surface area contributed by atoms with Gasteiger partial charge in [-0.15, -0.1) is 0 Å². The molecule has 3 rings (SSSR count). The predicted octanol–water partition coefficient (Wildman–Crippen LogP) is 3.79. The van der Waals surface area contributed by atoms with Gasteiger partial charge in [-0.25, -0.2) is 0 Å². The van der Waals surface area contributed by atoms with Crippen LogP contribution in [0.25, 0.3) is 0 Å². The van der Waals surface area contributed by atoms with E-state index in [0.29, 0.717) is 6.42 Å². The first-order chi connectivity index (χ1) is 8.97. The summed E-state index contributed by atoms with van der Waals surface area (Å²) >= 11 is 3.79. The van der Waals surface area contributed by atoms with E-state index in [-0.39, 0.29) is 36.4 Å². The Kier molecular flexibility index (Phi) is 3.74. The molecule has 0 N–H and O–H groups in total. The second-order valence-corrected chi connectivity index (χ2v) is 9.07. The van der Waals surface area contributed by atoms with Crippen LogP contribution in [0.5, 0.6) is 0 Å². The molecule has 0 aliphatic heterocycles. The Morgan fingerprint density at radius 2 is 1.79 bits per heavy atom. The Morgan fingerprint density at radius 1 is 1.11 bits per heavy atom. The number of halogens is 4. The van der Waals surface area contributed by atoms with Crippen LogP contribution in [0.15, 0.2) is 30.3 Å². The fourth-order valence-electron chi connectivity index (χ4n) is 3.42. The van der Waals surface area contributed by atoms with Gasteiger partial charge >= 0.3 is 125 Å². The van der Waals surface area contributed by atoms with Crippen LogP contribution in [-0.4, -0.2) is 26.0 Å². The van der Waals surface area contributed by atoms with Gasteiger partial charge in [0.25, 0.3) is 0 Å². The first-order valence-corrected chi connectivity index (χ1v) is 9.15. The summed E-state index contributed by atoms with van der Waals surface area (Å²) in [4.78, 5) is 0.455. The number of rotatable bonds is 2. The van der Waals surface area contributed by atoms with E-state index < -0.39 is 12.1 Å². The van der Waals surface area contributed by atoms with Crippen molar-refractivity contribution >= 4 is 35.3 Å². The minimum atomic E-state index is -4.02. The Labute approximate surface area is 125 Å². The third-order valence-corrected chi connectivity index (χ3v) is 9.44. The summed E-state index contributed by atoms with van der Waals surface area (Å²) in [6.07, 6.45) is -2.94. The summed E-state index contributed by atoms with van der Waals surface area (Å²) in [7, 11) is 0. The van der Waals surface area contributed by atoms with Crippen molar-refractivity contribution in [1.82, 2.24) is 0 Å². The topological polar surface area (TPSA) is 0 Å². The average molecular weight is 398 g/mol. The van der Waals surface area contributed by atoms with Gasteiger partial charge in [-0.3, -0.25) is 0 Å². The van der Waals surface area contributed by atoms with Crippen LogP contribution < -0.4 is 4.46 Å². The molecule has 0 amide bonds. The zero-order chi connectivity index (χ0) is 13.6. The van der Waals surface area contributed by atoms with Crippen LogP contribution in [0.1, 0.15) is 12.8 Å². The molecule has 2 fully saturated rings. The number of benzene rings is 1. The summed E-state index contributed by atoms with van der Waals surface area (Å²) in [6, 6.07) is 9.96. The number of hydrogen-bond donors (Lipinski definition) is 0. The Hall–Kier alpha value is 0.00948. The second kappa shape index (κ2) is 5.09. The Balaban J connectivity index is 1.78. The minimum absolute atomic E-state index is 0.124. The van der Waals surface area contributed by atoms with Gasteiger partial charge in [0.05, 0.1) is 0 Å². The molecular weight excluding hydrogens is 384 g/mol. The van der Waals surface area contributed by atoms with Gasteiger partial charge in [-0.1, -0.05) is 0 Å². The fourth-order valence-corrected chi connectivity index (χ4v) is 7.86. The van der Waals surface area contributed by atoms with Crippen molar-refractivity contribution in [2.45, 2.75) is 28.7 Å². The van der Waals surface area contributed by atoms with Gasteiger partial charge in [0.1, 0.15) is 0 Å².